The number of carbonyl (C=O) groups excluding carboxylic acids is 3. The van der Waals surface area contributed by atoms with E-state index in [-0.39, 0.29) is 0 Å². The zero-order valence-corrected chi connectivity index (χ0v) is 15.4. The number of nitrogens with zero attached hydrogens (tertiary/aromatic N) is 1. The maximum atomic E-state index is 11.6. The first-order valence-corrected chi connectivity index (χ1v) is 9.49. The molecule has 126 valence electrons. The van der Waals surface area contributed by atoms with E-state index in [0.717, 1.165) is 33.7 Å². The Balaban J connectivity index is 1.79. The van der Waals surface area contributed by atoms with Gasteiger partial charge in [0.1, 0.15) is 11.8 Å². The third-order valence-corrected chi connectivity index (χ3v) is 5.79. The van der Waals surface area contributed by atoms with Gasteiger partial charge in [-0.3, -0.25) is 19.7 Å². The number of carbonyl (C=O) groups is 3. The Hall–Kier alpha value is -1.44. The summed E-state index contributed by atoms with van der Waals surface area (Å²) in [7, 11) is 0. The lowest BCUT2D eigenvalue weighted by molar-refractivity contribution is -0.130. The molecule has 1 N–H and O–H groups in total. The van der Waals surface area contributed by atoms with Gasteiger partial charge < -0.3 is 4.90 Å². The van der Waals surface area contributed by atoms with Gasteiger partial charge in [0.25, 0.3) is 0 Å². The standard InChI is InChI=1S/C17H17BrN2O3S/c18-13-7-11(8-16-17(15(23)9-21)19-10-24-16)1-2-14(13)20-5-3-12(22)4-6-20/h1-2,7-9,17,19H,3-6,10H2. The second-order valence-electron chi connectivity index (χ2n) is 5.73. The molecule has 0 aromatic heterocycles. The molecule has 0 bridgehead atoms. The summed E-state index contributed by atoms with van der Waals surface area (Å²) in [5.74, 6) is 0.497. The van der Waals surface area contributed by atoms with Gasteiger partial charge in [0.2, 0.25) is 5.78 Å². The van der Waals surface area contributed by atoms with Crippen molar-refractivity contribution in [2.45, 2.75) is 18.9 Å². The molecule has 0 saturated carbocycles. The maximum Gasteiger partial charge on any atom is 0.217 e. The van der Waals surface area contributed by atoms with Crippen molar-refractivity contribution in [3.8, 4) is 0 Å². The van der Waals surface area contributed by atoms with Crippen LogP contribution >= 0.6 is 27.7 Å². The predicted molar refractivity (Wildman–Crippen MR) is 99.0 cm³/mol. The number of hydrogen-bond acceptors (Lipinski definition) is 6. The van der Waals surface area contributed by atoms with Crippen LogP contribution in [-0.2, 0) is 14.4 Å². The third kappa shape index (κ3) is 3.79. The Bertz CT molecular complexity index is 710. The van der Waals surface area contributed by atoms with Crippen molar-refractivity contribution in [1.82, 2.24) is 5.32 Å². The smallest absolute Gasteiger partial charge is 0.217 e. The van der Waals surface area contributed by atoms with Gasteiger partial charge in [-0.2, -0.15) is 0 Å². The Kier molecular flexibility index (Phi) is 5.53. The van der Waals surface area contributed by atoms with E-state index in [0.29, 0.717) is 30.8 Å². The molecular formula is C17H17BrN2O3S. The van der Waals surface area contributed by atoms with Crippen molar-refractivity contribution in [2.75, 3.05) is 23.9 Å². The van der Waals surface area contributed by atoms with Crippen molar-refractivity contribution in [2.24, 2.45) is 0 Å². The number of halogens is 1. The van der Waals surface area contributed by atoms with E-state index in [1.807, 2.05) is 24.3 Å². The highest BCUT2D eigenvalue weighted by molar-refractivity contribution is 9.10. The maximum absolute atomic E-state index is 11.6. The van der Waals surface area contributed by atoms with Crippen LogP contribution in [0.2, 0.25) is 0 Å². The number of ketones is 2. The number of nitrogens with one attached hydrogen (secondary N) is 1. The van der Waals surface area contributed by atoms with Gasteiger partial charge in [0, 0.05) is 41.2 Å². The summed E-state index contributed by atoms with van der Waals surface area (Å²) in [6.45, 7) is 1.49. The van der Waals surface area contributed by atoms with E-state index < -0.39 is 11.8 Å². The van der Waals surface area contributed by atoms with Crippen molar-refractivity contribution in [3.63, 3.8) is 0 Å². The molecule has 0 aliphatic carbocycles. The van der Waals surface area contributed by atoms with E-state index in [9.17, 15) is 14.4 Å². The molecule has 1 atom stereocenters. The average Bonchev–Trinajstić information content (AvgIpc) is 3.03. The van der Waals surface area contributed by atoms with Gasteiger partial charge in [0.05, 0.1) is 5.69 Å². The quantitative estimate of drug-likeness (QED) is 0.609. The number of benzene rings is 1. The topological polar surface area (TPSA) is 66.5 Å². The van der Waals surface area contributed by atoms with Gasteiger partial charge >= 0.3 is 0 Å². The Morgan fingerprint density at radius 3 is 2.75 bits per heavy atom. The molecule has 2 aliphatic rings. The molecule has 24 heavy (non-hydrogen) atoms. The van der Waals surface area contributed by atoms with Gasteiger partial charge in [-0.05, 0) is 39.7 Å². The Morgan fingerprint density at radius 2 is 2.08 bits per heavy atom. The summed E-state index contributed by atoms with van der Waals surface area (Å²) < 4.78 is 0.959. The molecule has 2 aliphatic heterocycles. The molecular weight excluding hydrogens is 392 g/mol. The Morgan fingerprint density at radius 1 is 1.33 bits per heavy atom. The van der Waals surface area contributed by atoms with Crippen LogP contribution in [0.3, 0.4) is 0 Å². The molecule has 0 amide bonds. The van der Waals surface area contributed by atoms with E-state index in [2.05, 4.69) is 26.1 Å². The molecule has 0 spiro atoms. The highest BCUT2D eigenvalue weighted by atomic mass is 79.9. The summed E-state index contributed by atoms with van der Waals surface area (Å²) in [6, 6.07) is 5.49. The zero-order valence-electron chi connectivity index (χ0n) is 13.0. The van der Waals surface area contributed by atoms with Crippen LogP contribution in [0.4, 0.5) is 5.69 Å². The highest BCUT2D eigenvalue weighted by Gasteiger charge is 2.27. The van der Waals surface area contributed by atoms with E-state index >= 15 is 0 Å². The lowest BCUT2D eigenvalue weighted by Crippen LogP contribution is -2.33. The third-order valence-electron chi connectivity index (χ3n) is 4.15. The van der Waals surface area contributed by atoms with Crippen LogP contribution in [0.25, 0.3) is 6.08 Å². The average molecular weight is 409 g/mol. The van der Waals surface area contributed by atoms with Crippen LogP contribution < -0.4 is 10.2 Å². The first-order valence-electron chi connectivity index (χ1n) is 7.71. The minimum Gasteiger partial charge on any atom is -0.370 e. The van der Waals surface area contributed by atoms with Gasteiger partial charge in [-0.25, -0.2) is 0 Å². The summed E-state index contributed by atoms with van der Waals surface area (Å²) in [6.07, 6.45) is 3.49. The predicted octanol–water partition coefficient (Wildman–Crippen LogP) is 2.39. The SMILES string of the molecule is O=CC(=O)C1NCSC1=Cc1ccc(N2CCC(=O)CC2)c(Br)c1. The number of hydrogen-bond donors (Lipinski definition) is 1. The van der Waals surface area contributed by atoms with Crippen LogP contribution in [0.15, 0.2) is 27.6 Å². The fourth-order valence-corrected chi connectivity index (χ4v) is 4.51. The first kappa shape index (κ1) is 17.4. The van der Waals surface area contributed by atoms with Crippen LogP contribution in [-0.4, -0.2) is 42.9 Å². The molecule has 1 aromatic rings. The molecule has 1 aromatic carbocycles. The highest BCUT2D eigenvalue weighted by Crippen LogP contribution is 2.32. The van der Waals surface area contributed by atoms with Crippen LogP contribution in [0.5, 0.6) is 0 Å². The van der Waals surface area contributed by atoms with Crippen LogP contribution in [0.1, 0.15) is 18.4 Å². The molecule has 1 unspecified atom stereocenters. The van der Waals surface area contributed by atoms with E-state index in [1.54, 1.807) is 0 Å². The number of Topliss-reactive ketones (excluding diaryl/α,β-unsaturated/α-hetero) is 2. The zero-order chi connectivity index (χ0) is 17.1. The summed E-state index contributed by atoms with van der Waals surface area (Å²) in [5.41, 5.74) is 2.04. The number of piperidine rings is 1. The van der Waals surface area contributed by atoms with E-state index in [1.165, 1.54) is 11.8 Å². The van der Waals surface area contributed by atoms with Crippen molar-refractivity contribution < 1.29 is 14.4 Å². The van der Waals surface area contributed by atoms with Crippen molar-refractivity contribution in [3.05, 3.63) is 33.1 Å². The number of rotatable bonds is 4. The molecule has 2 heterocycles. The second-order valence-corrected chi connectivity index (χ2v) is 7.63. The van der Waals surface area contributed by atoms with Gasteiger partial charge in [0.15, 0.2) is 6.29 Å². The molecule has 7 heteroatoms. The number of thioether (sulfide) groups is 1. The lowest BCUT2D eigenvalue weighted by atomic mass is 10.1. The minimum absolute atomic E-state index is 0.320. The lowest BCUT2D eigenvalue weighted by Gasteiger charge is -2.29. The van der Waals surface area contributed by atoms with Crippen molar-refractivity contribution in [1.29, 1.82) is 0 Å². The number of aldehydes is 1. The molecule has 5 nitrogen and oxygen atoms in total. The fourth-order valence-electron chi connectivity index (χ4n) is 2.86. The van der Waals surface area contributed by atoms with E-state index in [4.69, 9.17) is 0 Å². The molecule has 2 saturated heterocycles. The largest absolute Gasteiger partial charge is 0.370 e. The summed E-state index contributed by atoms with van der Waals surface area (Å²) >= 11 is 5.14. The van der Waals surface area contributed by atoms with Crippen molar-refractivity contribution >= 4 is 57.3 Å². The second kappa shape index (κ2) is 7.63. The minimum atomic E-state index is -0.529. The summed E-state index contributed by atoms with van der Waals surface area (Å²) in [5, 5.41) is 3.02. The molecule has 0 radical (unpaired) electrons. The molecule has 3 rings (SSSR count). The van der Waals surface area contributed by atoms with Gasteiger partial charge in [-0.1, -0.05) is 6.07 Å². The normalized spacial score (nSPS) is 22.9. The summed E-state index contributed by atoms with van der Waals surface area (Å²) in [4.78, 5) is 36.8. The Labute approximate surface area is 153 Å². The monoisotopic (exact) mass is 408 g/mol. The van der Waals surface area contributed by atoms with Gasteiger partial charge in [-0.15, -0.1) is 11.8 Å². The molecule has 2 fully saturated rings. The fraction of sp³-hybridized carbons (Fsp3) is 0.353. The first-order chi connectivity index (χ1) is 11.6. The van der Waals surface area contributed by atoms with Crippen LogP contribution in [0, 0.1) is 0 Å². The number of anilines is 1.